The van der Waals surface area contributed by atoms with Crippen LogP contribution in [0, 0.1) is 0 Å². The van der Waals surface area contributed by atoms with E-state index in [9.17, 15) is 9.59 Å². The number of hydrogen-bond donors (Lipinski definition) is 2. The number of carbonyl (C=O) groups is 2. The largest absolute Gasteiger partial charge is 0.493 e. The molecular weight excluding hydrogens is 320 g/mol. The molecule has 0 saturated heterocycles. The zero-order chi connectivity index (χ0) is 18.2. The predicted molar refractivity (Wildman–Crippen MR) is 96.6 cm³/mol. The second-order valence-corrected chi connectivity index (χ2v) is 5.36. The van der Waals surface area contributed by atoms with Crippen molar-refractivity contribution in [3.05, 3.63) is 53.6 Å². The molecule has 2 aromatic rings. The number of carbonyl (C=O) groups excluding carboxylic acids is 2. The van der Waals surface area contributed by atoms with Gasteiger partial charge in [0.2, 0.25) is 0 Å². The van der Waals surface area contributed by atoms with E-state index in [1.165, 1.54) is 7.11 Å². The van der Waals surface area contributed by atoms with Crippen molar-refractivity contribution in [1.82, 2.24) is 5.32 Å². The van der Waals surface area contributed by atoms with Gasteiger partial charge in [0.25, 0.3) is 11.8 Å². The fraction of sp³-hybridized carbons (Fsp3) is 0.263. The molecule has 0 fully saturated rings. The molecule has 2 rings (SSSR count). The summed E-state index contributed by atoms with van der Waals surface area (Å²) in [7, 11) is 3.08. The molecule has 0 bridgehead atoms. The average molecular weight is 342 g/mol. The zero-order valence-corrected chi connectivity index (χ0v) is 14.6. The van der Waals surface area contributed by atoms with E-state index in [2.05, 4.69) is 10.6 Å². The van der Waals surface area contributed by atoms with Crippen LogP contribution in [0.2, 0.25) is 0 Å². The van der Waals surface area contributed by atoms with E-state index in [0.29, 0.717) is 34.9 Å². The number of benzene rings is 2. The maximum Gasteiger partial charge on any atom is 0.255 e. The summed E-state index contributed by atoms with van der Waals surface area (Å²) in [5.74, 6) is 0.702. The summed E-state index contributed by atoms with van der Waals surface area (Å²) in [6.45, 7) is 2.61. The van der Waals surface area contributed by atoms with Crippen LogP contribution in [-0.4, -0.2) is 32.6 Å². The van der Waals surface area contributed by atoms with Gasteiger partial charge in [-0.15, -0.1) is 0 Å². The molecule has 25 heavy (non-hydrogen) atoms. The Kier molecular flexibility index (Phi) is 6.39. The van der Waals surface area contributed by atoms with Gasteiger partial charge in [-0.3, -0.25) is 9.59 Å². The smallest absolute Gasteiger partial charge is 0.255 e. The molecular formula is C19H22N2O4. The number of rotatable bonds is 7. The van der Waals surface area contributed by atoms with Crippen LogP contribution in [0.5, 0.6) is 11.5 Å². The van der Waals surface area contributed by atoms with Crippen LogP contribution in [0.15, 0.2) is 42.5 Å². The molecule has 0 atom stereocenters. The maximum absolute atomic E-state index is 12.3. The molecule has 0 unspecified atom stereocenters. The van der Waals surface area contributed by atoms with Gasteiger partial charge < -0.3 is 20.1 Å². The maximum atomic E-state index is 12.3. The minimum absolute atomic E-state index is 0.145. The predicted octanol–water partition coefficient (Wildman–Crippen LogP) is 3.10. The molecule has 2 aromatic carbocycles. The highest BCUT2D eigenvalue weighted by molar-refractivity contribution is 6.05. The van der Waals surface area contributed by atoms with Crippen LogP contribution in [0.25, 0.3) is 0 Å². The Bertz CT molecular complexity index is 742. The number of hydrogen-bond acceptors (Lipinski definition) is 4. The summed E-state index contributed by atoms with van der Waals surface area (Å²) in [4.78, 5) is 24.2. The van der Waals surface area contributed by atoms with Crippen LogP contribution in [0.1, 0.15) is 34.1 Å². The molecule has 0 spiro atoms. The van der Waals surface area contributed by atoms with E-state index in [0.717, 1.165) is 6.42 Å². The topological polar surface area (TPSA) is 76.7 Å². The first-order valence-corrected chi connectivity index (χ1v) is 8.00. The van der Waals surface area contributed by atoms with Crippen molar-refractivity contribution < 1.29 is 19.1 Å². The van der Waals surface area contributed by atoms with Crippen molar-refractivity contribution in [2.45, 2.75) is 13.3 Å². The Morgan fingerprint density at radius 1 is 0.880 bits per heavy atom. The third kappa shape index (κ3) is 4.73. The minimum Gasteiger partial charge on any atom is -0.493 e. The molecule has 6 nitrogen and oxygen atoms in total. The first-order valence-electron chi connectivity index (χ1n) is 8.00. The second kappa shape index (κ2) is 8.73. The van der Waals surface area contributed by atoms with Crippen molar-refractivity contribution in [2.75, 3.05) is 26.1 Å². The number of ether oxygens (including phenoxy) is 2. The molecule has 0 saturated carbocycles. The zero-order valence-electron chi connectivity index (χ0n) is 14.6. The van der Waals surface area contributed by atoms with Crippen molar-refractivity contribution in [3.8, 4) is 11.5 Å². The Morgan fingerprint density at radius 2 is 1.48 bits per heavy atom. The van der Waals surface area contributed by atoms with Gasteiger partial charge in [-0.05, 0) is 42.8 Å². The summed E-state index contributed by atoms with van der Waals surface area (Å²) < 4.78 is 10.4. The van der Waals surface area contributed by atoms with Crippen molar-refractivity contribution in [3.63, 3.8) is 0 Å². The number of nitrogens with one attached hydrogen (secondary N) is 2. The fourth-order valence-corrected chi connectivity index (χ4v) is 2.23. The second-order valence-electron chi connectivity index (χ2n) is 5.36. The SMILES string of the molecule is CCCNC(=O)c1ccc(C(=O)Nc2ccc(OC)c(OC)c2)cc1. The van der Waals surface area contributed by atoms with Crippen molar-refractivity contribution >= 4 is 17.5 Å². The van der Waals surface area contributed by atoms with Gasteiger partial charge in [0.1, 0.15) is 0 Å². The lowest BCUT2D eigenvalue weighted by molar-refractivity contribution is 0.0951. The Labute approximate surface area is 147 Å². The number of amides is 2. The third-order valence-corrected chi connectivity index (χ3v) is 3.59. The molecule has 2 N–H and O–H groups in total. The fourth-order valence-electron chi connectivity index (χ4n) is 2.23. The molecule has 0 heterocycles. The summed E-state index contributed by atoms with van der Waals surface area (Å²) in [5, 5.41) is 5.59. The molecule has 0 aliphatic heterocycles. The standard InChI is InChI=1S/C19H22N2O4/c1-4-11-20-18(22)13-5-7-14(8-6-13)19(23)21-15-9-10-16(24-2)17(12-15)25-3/h5-10,12H,4,11H2,1-3H3,(H,20,22)(H,21,23). The highest BCUT2D eigenvalue weighted by atomic mass is 16.5. The highest BCUT2D eigenvalue weighted by Gasteiger charge is 2.11. The van der Waals surface area contributed by atoms with Gasteiger partial charge in [0, 0.05) is 29.4 Å². The minimum atomic E-state index is -0.271. The van der Waals surface area contributed by atoms with E-state index in [-0.39, 0.29) is 11.8 Å². The summed E-state index contributed by atoms with van der Waals surface area (Å²) in [6, 6.07) is 11.6. The molecule has 0 aliphatic rings. The van der Waals surface area contributed by atoms with E-state index in [1.54, 1.807) is 49.6 Å². The number of anilines is 1. The van der Waals surface area contributed by atoms with Gasteiger partial charge in [-0.25, -0.2) is 0 Å². The van der Waals surface area contributed by atoms with Gasteiger partial charge in [-0.1, -0.05) is 6.92 Å². The van der Waals surface area contributed by atoms with Gasteiger partial charge in [0.15, 0.2) is 11.5 Å². The van der Waals surface area contributed by atoms with Gasteiger partial charge in [0.05, 0.1) is 14.2 Å². The Hall–Kier alpha value is -3.02. The van der Waals surface area contributed by atoms with E-state index >= 15 is 0 Å². The molecule has 0 aliphatic carbocycles. The first kappa shape index (κ1) is 18.3. The van der Waals surface area contributed by atoms with E-state index < -0.39 is 0 Å². The lowest BCUT2D eigenvalue weighted by atomic mass is 10.1. The lowest BCUT2D eigenvalue weighted by Crippen LogP contribution is -2.24. The monoisotopic (exact) mass is 342 g/mol. The van der Waals surface area contributed by atoms with E-state index in [4.69, 9.17) is 9.47 Å². The molecule has 2 amide bonds. The Balaban J connectivity index is 2.07. The highest BCUT2D eigenvalue weighted by Crippen LogP contribution is 2.29. The Morgan fingerprint density at radius 3 is 2.04 bits per heavy atom. The molecule has 6 heteroatoms. The average Bonchev–Trinajstić information content (AvgIpc) is 2.66. The van der Waals surface area contributed by atoms with E-state index in [1.807, 2.05) is 6.92 Å². The van der Waals surface area contributed by atoms with Crippen LogP contribution < -0.4 is 20.1 Å². The normalized spacial score (nSPS) is 10.0. The van der Waals surface area contributed by atoms with Crippen LogP contribution in [-0.2, 0) is 0 Å². The van der Waals surface area contributed by atoms with Crippen LogP contribution >= 0.6 is 0 Å². The van der Waals surface area contributed by atoms with Gasteiger partial charge in [-0.2, -0.15) is 0 Å². The van der Waals surface area contributed by atoms with Crippen LogP contribution in [0.3, 0.4) is 0 Å². The summed E-state index contributed by atoms with van der Waals surface area (Å²) in [6.07, 6.45) is 0.873. The number of methoxy groups -OCH3 is 2. The molecule has 0 aromatic heterocycles. The van der Waals surface area contributed by atoms with Crippen molar-refractivity contribution in [2.24, 2.45) is 0 Å². The van der Waals surface area contributed by atoms with Crippen molar-refractivity contribution in [1.29, 1.82) is 0 Å². The summed E-state index contributed by atoms with van der Waals surface area (Å²) >= 11 is 0. The quantitative estimate of drug-likeness (QED) is 0.811. The third-order valence-electron chi connectivity index (χ3n) is 3.59. The lowest BCUT2D eigenvalue weighted by Gasteiger charge is -2.11. The molecule has 132 valence electrons. The first-order chi connectivity index (χ1) is 12.1. The molecule has 0 radical (unpaired) electrons. The van der Waals surface area contributed by atoms with Gasteiger partial charge >= 0.3 is 0 Å². The summed E-state index contributed by atoms with van der Waals surface area (Å²) in [5.41, 5.74) is 1.57. The van der Waals surface area contributed by atoms with Crippen LogP contribution in [0.4, 0.5) is 5.69 Å².